The van der Waals surface area contributed by atoms with Gasteiger partial charge in [0.2, 0.25) is 5.91 Å². The predicted molar refractivity (Wildman–Crippen MR) is 100 cm³/mol. The van der Waals surface area contributed by atoms with Crippen molar-refractivity contribution in [1.82, 2.24) is 10.6 Å². The zero-order valence-corrected chi connectivity index (χ0v) is 15.3. The lowest BCUT2D eigenvalue weighted by Crippen LogP contribution is -2.45. The molecule has 142 valence electrons. The lowest BCUT2D eigenvalue weighted by atomic mass is 10.2. The molecule has 0 spiro atoms. The largest absolute Gasteiger partial charge is 0.497 e. The SMILES string of the molecule is COc1ccc(CNC(=O)N[C@H]2CCN(c3ccc(F)c(C)c3)C2=O)cc1. The van der Waals surface area contributed by atoms with Crippen LogP contribution in [0.2, 0.25) is 0 Å². The minimum Gasteiger partial charge on any atom is -0.497 e. The maximum Gasteiger partial charge on any atom is 0.315 e. The van der Waals surface area contributed by atoms with Crippen molar-refractivity contribution in [3.63, 3.8) is 0 Å². The topological polar surface area (TPSA) is 70.7 Å². The van der Waals surface area contributed by atoms with Crippen LogP contribution in [0.1, 0.15) is 17.5 Å². The summed E-state index contributed by atoms with van der Waals surface area (Å²) in [7, 11) is 1.59. The molecule has 3 rings (SSSR count). The molecule has 2 N–H and O–H groups in total. The highest BCUT2D eigenvalue weighted by molar-refractivity contribution is 6.01. The molecular formula is C20H22FN3O3. The third-order valence-electron chi connectivity index (χ3n) is 4.58. The summed E-state index contributed by atoms with van der Waals surface area (Å²) in [6.45, 7) is 2.48. The molecule has 0 aromatic heterocycles. The number of benzene rings is 2. The summed E-state index contributed by atoms with van der Waals surface area (Å²) < 4.78 is 18.5. The van der Waals surface area contributed by atoms with E-state index in [0.29, 0.717) is 30.8 Å². The number of anilines is 1. The highest BCUT2D eigenvalue weighted by Gasteiger charge is 2.33. The van der Waals surface area contributed by atoms with Gasteiger partial charge in [-0.3, -0.25) is 4.79 Å². The van der Waals surface area contributed by atoms with Crippen molar-refractivity contribution in [2.45, 2.75) is 25.9 Å². The van der Waals surface area contributed by atoms with Gasteiger partial charge in [-0.05, 0) is 54.8 Å². The molecule has 2 aromatic rings. The fourth-order valence-electron chi connectivity index (χ4n) is 3.00. The van der Waals surface area contributed by atoms with E-state index in [0.717, 1.165) is 11.3 Å². The summed E-state index contributed by atoms with van der Waals surface area (Å²) in [6.07, 6.45) is 0.505. The Morgan fingerprint density at radius 1 is 1.26 bits per heavy atom. The van der Waals surface area contributed by atoms with Crippen LogP contribution < -0.4 is 20.3 Å². The summed E-state index contributed by atoms with van der Waals surface area (Å²) in [6, 6.07) is 10.9. The maximum atomic E-state index is 13.4. The maximum absolute atomic E-state index is 13.4. The van der Waals surface area contributed by atoms with Crippen LogP contribution in [0, 0.1) is 12.7 Å². The molecule has 0 bridgehead atoms. The van der Waals surface area contributed by atoms with Gasteiger partial charge >= 0.3 is 6.03 Å². The van der Waals surface area contributed by atoms with Gasteiger partial charge < -0.3 is 20.3 Å². The van der Waals surface area contributed by atoms with E-state index in [1.165, 1.54) is 6.07 Å². The number of aryl methyl sites for hydroxylation is 1. The fraction of sp³-hybridized carbons (Fsp3) is 0.300. The number of carbonyl (C=O) groups is 2. The van der Waals surface area contributed by atoms with Crippen LogP contribution in [-0.4, -0.2) is 31.6 Å². The molecule has 0 radical (unpaired) electrons. The number of rotatable bonds is 5. The van der Waals surface area contributed by atoms with Gasteiger partial charge in [-0.2, -0.15) is 0 Å². The molecule has 2 aromatic carbocycles. The molecule has 7 heteroatoms. The van der Waals surface area contributed by atoms with Crippen molar-refractivity contribution < 1.29 is 18.7 Å². The molecule has 1 atom stereocenters. The van der Waals surface area contributed by atoms with E-state index in [1.54, 1.807) is 31.1 Å². The van der Waals surface area contributed by atoms with E-state index in [9.17, 15) is 14.0 Å². The Kier molecular flexibility index (Phi) is 5.59. The number of nitrogens with one attached hydrogen (secondary N) is 2. The van der Waals surface area contributed by atoms with Gasteiger partial charge in [0.05, 0.1) is 7.11 Å². The summed E-state index contributed by atoms with van der Waals surface area (Å²) in [4.78, 5) is 26.2. The summed E-state index contributed by atoms with van der Waals surface area (Å²) >= 11 is 0. The molecule has 1 saturated heterocycles. The number of hydrogen-bond acceptors (Lipinski definition) is 3. The Morgan fingerprint density at radius 3 is 2.67 bits per heavy atom. The average Bonchev–Trinajstić information content (AvgIpc) is 3.03. The second kappa shape index (κ2) is 8.07. The van der Waals surface area contributed by atoms with Crippen LogP contribution in [0.25, 0.3) is 0 Å². The minimum absolute atomic E-state index is 0.194. The highest BCUT2D eigenvalue weighted by atomic mass is 19.1. The predicted octanol–water partition coefficient (Wildman–Crippen LogP) is 2.75. The van der Waals surface area contributed by atoms with E-state index in [4.69, 9.17) is 4.74 Å². The Balaban J connectivity index is 1.53. The third-order valence-corrected chi connectivity index (χ3v) is 4.58. The van der Waals surface area contributed by atoms with Gasteiger partial charge in [-0.25, -0.2) is 9.18 Å². The molecule has 1 aliphatic heterocycles. The standard InChI is InChI=1S/C20H22FN3O3/c1-13-11-15(5-8-17(13)21)24-10-9-18(19(24)25)23-20(26)22-12-14-3-6-16(27-2)7-4-14/h3-8,11,18H,9-10,12H2,1-2H3,(H2,22,23,26)/t18-/m0/s1. The molecular weight excluding hydrogens is 349 g/mol. The number of urea groups is 1. The first-order valence-corrected chi connectivity index (χ1v) is 8.73. The highest BCUT2D eigenvalue weighted by Crippen LogP contribution is 2.23. The van der Waals surface area contributed by atoms with Crippen LogP contribution in [0.5, 0.6) is 5.75 Å². The van der Waals surface area contributed by atoms with Crippen LogP contribution in [0.4, 0.5) is 14.9 Å². The van der Waals surface area contributed by atoms with E-state index < -0.39 is 12.1 Å². The minimum atomic E-state index is -0.591. The zero-order chi connectivity index (χ0) is 19.4. The lowest BCUT2D eigenvalue weighted by molar-refractivity contribution is -0.118. The van der Waals surface area contributed by atoms with E-state index >= 15 is 0 Å². The molecule has 3 amide bonds. The van der Waals surface area contributed by atoms with Crippen LogP contribution in [-0.2, 0) is 11.3 Å². The smallest absolute Gasteiger partial charge is 0.315 e. The molecule has 27 heavy (non-hydrogen) atoms. The monoisotopic (exact) mass is 371 g/mol. The number of hydrogen-bond donors (Lipinski definition) is 2. The Morgan fingerprint density at radius 2 is 2.00 bits per heavy atom. The molecule has 1 aliphatic rings. The fourth-order valence-corrected chi connectivity index (χ4v) is 3.00. The molecule has 1 heterocycles. The summed E-state index contributed by atoms with van der Waals surface area (Å²) in [5, 5.41) is 5.45. The first kappa shape index (κ1) is 18.7. The van der Waals surface area contributed by atoms with Crippen molar-refractivity contribution in [1.29, 1.82) is 0 Å². The van der Waals surface area contributed by atoms with Crippen LogP contribution >= 0.6 is 0 Å². The Bertz CT molecular complexity index is 839. The van der Waals surface area contributed by atoms with E-state index in [1.807, 2.05) is 24.3 Å². The number of halogens is 1. The van der Waals surface area contributed by atoms with Gasteiger partial charge in [-0.15, -0.1) is 0 Å². The van der Waals surface area contributed by atoms with Gasteiger partial charge in [0.1, 0.15) is 17.6 Å². The molecule has 0 saturated carbocycles. The average molecular weight is 371 g/mol. The van der Waals surface area contributed by atoms with Gasteiger partial charge in [-0.1, -0.05) is 12.1 Å². The van der Waals surface area contributed by atoms with Gasteiger partial charge in [0, 0.05) is 18.8 Å². The van der Waals surface area contributed by atoms with Gasteiger partial charge in [0.25, 0.3) is 0 Å². The number of methoxy groups -OCH3 is 1. The molecule has 0 unspecified atom stereocenters. The van der Waals surface area contributed by atoms with Crippen molar-refractivity contribution in [3.8, 4) is 5.75 Å². The second-order valence-corrected chi connectivity index (χ2v) is 6.44. The zero-order valence-electron chi connectivity index (χ0n) is 15.3. The first-order chi connectivity index (χ1) is 13.0. The van der Waals surface area contributed by atoms with Crippen molar-refractivity contribution in [3.05, 3.63) is 59.4 Å². The number of amides is 3. The number of nitrogens with zero attached hydrogens (tertiary/aromatic N) is 1. The Labute approximate surface area is 157 Å². The number of carbonyl (C=O) groups excluding carboxylic acids is 2. The molecule has 1 fully saturated rings. The normalized spacial score (nSPS) is 16.3. The van der Waals surface area contributed by atoms with Crippen molar-refractivity contribution in [2.24, 2.45) is 0 Å². The summed E-state index contributed by atoms with van der Waals surface area (Å²) in [5.41, 5.74) is 2.04. The van der Waals surface area contributed by atoms with E-state index in [-0.39, 0.29) is 11.7 Å². The lowest BCUT2D eigenvalue weighted by Gasteiger charge is -2.18. The quantitative estimate of drug-likeness (QED) is 0.849. The van der Waals surface area contributed by atoms with Crippen LogP contribution in [0.15, 0.2) is 42.5 Å². The summed E-state index contributed by atoms with van der Waals surface area (Å²) in [5.74, 6) is 0.245. The van der Waals surface area contributed by atoms with Crippen LogP contribution in [0.3, 0.4) is 0 Å². The molecule has 0 aliphatic carbocycles. The Hall–Kier alpha value is -3.09. The van der Waals surface area contributed by atoms with Crippen molar-refractivity contribution >= 4 is 17.6 Å². The van der Waals surface area contributed by atoms with Crippen molar-refractivity contribution in [2.75, 3.05) is 18.6 Å². The van der Waals surface area contributed by atoms with Gasteiger partial charge in [0.15, 0.2) is 0 Å². The van der Waals surface area contributed by atoms with E-state index in [2.05, 4.69) is 10.6 Å². The second-order valence-electron chi connectivity index (χ2n) is 6.44. The first-order valence-electron chi connectivity index (χ1n) is 8.73. The number of ether oxygens (including phenoxy) is 1. The third kappa shape index (κ3) is 4.36. The molecule has 6 nitrogen and oxygen atoms in total.